The van der Waals surface area contributed by atoms with Crippen LogP contribution in [0.3, 0.4) is 0 Å². The average Bonchev–Trinajstić information content (AvgIpc) is 2.83. The Bertz CT molecular complexity index is 825. The smallest absolute Gasteiger partial charge is 0.275 e. The predicted octanol–water partition coefficient (Wildman–Crippen LogP) is 3.19. The van der Waals surface area contributed by atoms with Crippen molar-refractivity contribution in [3.05, 3.63) is 76.5 Å². The van der Waals surface area contributed by atoms with Crippen LogP contribution in [0, 0.1) is 18.6 Å². The molecular formula is C17H12F2N2O. The van der Waals surface area contributed by atoms with Gasteiger partial charge in [-0.2, -0.15) is 0 Å². The summed E-state index contributed by atoms with van der Waals surface area (Å²) in [6.07, 6.45) is 1.60. The zero-order valence-electron chi connectivity index (χ0n) is 11.7. The Balaban J connectivity index is 2.00. The molecule has 0 unspecified atom stereocenters. The minimum atomic E-state index is -0.641. The van der Waals surface area contributed by atoms with E-state index >= 15 is 0 Å². The van der Waals surface area contributed by atoms with E-state index in [1.54, 1.807) is 6.08 Å². The number of benzene rings is 2. The molecule has 0 radical (unpaired) electrons. The molecule has 110 valence electrons. The minimum Gasteiger partial charge on any atom is -0.305 e. The Hall–Kier alpha value is -2.82. The molecule has 0 spiro atoms. The summed E-state index contributed by atoms with van der Waals surface area (Å²) in [4.78, 5) is 16.0. The lowest BCUT2D eigenvalue weighted by Crippen LogP contribution is -2.25. The van der Waals surface area contributed by atoms with Crippen molar-refractivity contribution in [3.8, 4) is 0 Å². The standard InChI is InChI=1S/C17H12F2N2O/c1-10-3-2-4-11(7-10)8-15-17(22)21-16(20-15)13-9-12(18)5-6-14(13)19/h2-9H,1H3,(H,20,21,22). The van der Waals surface area contributed by atoms with Gasteiger partial charge in [0.25, 0.3) is 5.91 Å². The van der Waals surface area contributed by atoms with Crippen LogP contribution in [0.5, 0.6) is 0 Å². The molecule has 1 aliphatic heterocycles. The third kappa shape index (κ3) is 2.79. The topological polar surface area (TPSA) is 41.5 Å². The van der Waals surface area contributed by atoms with Crippen molar-refractivity contribution in [2.75, 3.05) is 0 Å². The van der Waals surface area contributed by atoms with E-state index in [1.807, 2.05) is 31.2 Å². The monoisotopic (exact) mass is 298 g/mol. The van der Waals surface area contributed by atoms with Gasteiger partial charge in [-0.1, -0.05) is 29.8 Å². The molecule has 1 amide bonds. The number of hydrogen-bond acceptors (Lipinski definition) is 2. The van der Waals surface area contributed by atoms with Gasteiger partial charge in [-0.3, -0.25) is 4.79 Å². The quantitative estimate of drug-likeness (QED) is 0.850. The Labute approximate surface area is 126 Å². The lowest BCUT2D eigenvalue weighted by molar-refractivity contribution is -0.115. The first-order valence-corrected chi connectivity index (χ1v) is 6.67. The highest BCUT2D eigenvalue weighted by Gasteiger charge is 2.23. The van der Waals surface area contributed by atoms with Gasteiger partial charge in [0.2, 0.25) is 0 Å². The number of aryl methyl sites for hydroxylation is 1. The van der Waals surface area contributed by atoms with Gasteiger partial charge in [0.15, 0.2) is 0 Å². The molecule has 1 aliphatic rings. The van der Waals surface area contributed by atoms with Crippen LogP contribution in [0.15, 0.2) is 53.2 Å². The fraction of sp³-hybridized carbons (Fsp3) is 0.0588. The molecule has 3 rings (SSSR count). The van der Waals surface area contributed by atoms with Crippen LogP contribution in [-0.4, -0.2) is 11.7 Å². The number of aliphatic imine (C=N–C) groups is 1. The van der Waals surface area contributed by atoms with E-state index in [0.29, 0.717) is 0 Å². The second-order valence-corrected chi connectivity index (χ2v) is 4.98. The summed E-state index contributed by atoms with van der Waals surface area (Å²) in [7, 11) is 0. The summed E-state index contributed by atoms with van der Waals surface area (Å²) < 4.78 is 27.0. The molecule has 3 nitrogen and oxygen atoms in total. The van der Waals surface area contributed by atoms with E-state index < -0.39 is 17.5 Å². The zero-order chi connectivity index (χ0) is 15.7. The fourth-order valence-electron chi connectivity index (χ4n) is 2.19. The number of carbonyl (C=O) groups excluding carboxylic acids is 1. The molecule has 1 N–H and O–H groups in total. The third-order valence-electron chi connectivity index (χ3n) is 3.23. The number of amides is 1. The molecule has 0 atom stereocenters. The molecule has 0 saturated carbocycles. The van der Waals surface area contributed by atoms with Crippen molar-refractivity contribution >= 4 is 17.8 Å². The Morgan fingerprint density at radius 3 is 2.73 bits per heavy atom. The van der Waals surface area contributed by atoms with E-state index in [4.69, 9.17) is 0 Å². The van der Waals surface area contributed by atoms with E-state index in [1.165, 1.54) is 0 Å². The van der Waals surface area contributed by atoms with Gasteiger partial charge in [0, 0.05) is 0 Å². The predicted molar refractivity (Wildman–Crippen MR) is 80.2 cm³/mol. The minimum absolute atomic E-state index is 0.0147. The van der Waals surface area contributed by atoms with E-state index in [9.17, 15) is 13.6 Å². The van der Waals surface area contributed by atoms with Gasteiger partial charge in [-0.25, -0.2) is 13.8 Å². The Morgan fingerprint density at radius 1 is 1.14 bits per heavy atom. The summed E-state index contributed by atoms with van der Waals surface area (Å²) in [6, 6.07) is 10.6. The van der Waals surface area contributed by atoms with Crippen LogP contribution < -0.4 is 5.32 Å². The molecular weight excluding hydrogens is 286 g/mol. The lowest BCUT2D eigenvalue weighted by atomic mass is 10.1. The van der Waals surface area contributed by atoms with Crippen molar-refractivity contribution < 1.29 is 13.6 Å². The maximum absolute atomic E-state index is 13.7. The third-order valence-corrected chi connectivity index (χ3v) is 3.23. The Morgan fingerprint density at radius 2 is 1.95 bits per heavy atom. The van der Waals surface area contributed by atoms with Crippen LogP contribution in [-0.2, 0) is 4.79 Å². The second-order valence-electron chi connectivity index (χ2n) is 4.98. The number of hydrogen-bond donors (Lipinski definition) is 1. The van der Waals surface area contributed by atoms with Crippen molar-refractivity contribution in [2.24, 2.45) is 4.99 Å². The largest absolute Gasteiger partial charge is 0.305 e. The van der Waals surface area contributed by atoms with Gasteiger partial charge in [-0.05, 0) is 36.8 Å². The molecule has 0 bridgehead atoms. The first kappa shape index (κ1) is 14.1. The van der Waals surface area contributed by atoms with Gasteiger partial charge < -0.3 is 5.32 Å². The van der Waals surface area contributed by atoms with Gasteiger partial charge in [0.1, 0.15) is 23.2 Å². The van der Waals surface area contributed by atoms with Crippen LogP contribution in [0.2, 0.25) is 0 Å². The number of amidine groups is 1. The normalized spacial score (nSPS) is 15.9. The number of nitrogens with zero attached hydrogens (tertiary/aromatic N) is 1. The number of halogens is 2. The highest BCUT2D eigenvalue weighted by atomic mass is 19.1. The number of nitrogens with one attached hydrogen (secondary N) is 1. The highest BCUT2D eigenvalue weighted by Crippen LogP contribution is 2.18. The molecule has 1 heterocycles. The summed E-state index contributed by atoms with van der Waals surface area (Å²) >= 11 is 0. The first-order valence-electron chi connectivity index (χ1n) is 6.67. The molecule has 5 heteroatoms. The van der Waals surface area contributed by atoms with Crippen molar-refractivity contribution in [2.45, 2.75) is 6.92 Å². The van der Waals surface area contributed by atoms with E-state index in [-0.39, 0.29) is 17.1 Å². The van der Waals surface area contributed by atoms with Gasteiger partial charge in [-0.15, -0.1) is 0 Å². The molecule has 0 aliphatic carbocycles. The lowest BCUT2D eigenvalue weighted by Gasteiger charge is -2.02. The number of rotatable bonds is 2. The number of carbonyl (C=O) groups is 1. The summed E-state index contributed by atoms with van der Waals surface area (Å²) in [5.41, 5.74) is 1.95. The fourth-order valence-corrected chi connectivity index (χ4v) is 2.19. The van der Waals surface area contributed by atoms with Crippen LogP contribution in [0.1, 0.15) is 16.7 Å². The molecule has 0 saturated heterocycles. The molecule has 22 heavy (non-hydrogen) atoms. The summed E-state index contributed by atoms with van der Waals surface area (Å²) in [6.45, 7) is 1.94. The maximum atomic E-state index is 13.7. The molecule has 2 aromatic carbocycles. The van der Waals surface area contributed by atoms with Gasteiger partial charge in [0.05, 0.1) is 5.56 Å². The van der Waals surface area contributed by atoms with Crippen molar-refractivity contribution in [1.82, 2.24) is 5.32 Å². The molecule has 0 fully saturated rings. The van der Waals surface area contributed by atoms with Gasteiger partial charge >= 0.3 is 0 Å². The van der Waals surface area contributed by atoms with Crippen LogP contribution >= 0.6 is 0 Å². The zero-order valence-corrected chi connectivity index (χ0v) is 11.7. The second kappa shape index (κ2) is 5.52. The highest BCUT2D eigenvalue weighted by molar-refractivity contribution is 6.19. The van der Waals surface area contributed by atoms with Crippen LogP contribution in [0.4, 0.5) is 8.78 Å². The van der Waals surface area contributed by atoms with Crippen LogP contribution in [0.25, 0.3) is 6.08 Å². The molecule has 2 aromatic rings. The first-order chi connectivity index (χ1) is 10.5. The summed E-state index contributed by atoms with van der Waals surface area (Å²) in [5.74, 6) is -1.66. The Kier molecular flexibility index (Phi) is 3.55. The average molecular weight is 298 g/mol. The maximum Gasteiger partial charge on any atom is 0.275 e. The van der Waals surface area contributed by atoms with Crippen molar-refractivity contribution in [3.63, 3.8) is 0 Å². The summed E-state index contributed by atoms with van der Waals surface area (Å²) in [5, 5.41) is 2.46. The van der Waals surface area contributed by atoms with E-state index in [0.717, 1.165) is 29.3 Å². The molecule has 0 aromatic heterocycles. The van der Waals surface area contributed by atoms with E-state index in [2.05, 4.69) is 10.3 Å². The van der Waals surface area contributed by atoms with Crippen molar-refractivity contribution in [1.29, 1.82) is 0 Å². The SMILES string of the molecule is Cc1cccc(C=C2N=C(c3cc(F)ccc3F)NC2=O)c1.